The Hall–Kier alpha value is -1.00. The quantitative estimate of drug-likeness (QED) is 0.841. The average Bonchev–Trinajstić information content (AvgIpc) is 3.00. The van der Waals surface area contributed by atoms with Gasteiger partial charge < -0.3 is 4.42 Å². The Morgan fingerprint density at radius 1 is 1.14 bits per heavy atom. The van der Waals surface area contributed by atoms with Crippen molar-refractivity contribution in [2.75, 3.05) is 24.6 Å². The number of hydrogen-bond donors (Lipinski definition) is 0. The Morgan fingerprint density at radius 2 is 2.00 bits per heavy atom. The molecule has 0 N–H and O–H groups in total. The third-order valence-corrected chi connectivity index (χ3v) is 5.87. The lowest BCUT2D eigenvalue weighted by atomic mass is 9.95. The molecule has 1 atom stereocenters. The van der Waals surface area contributed by atoms with E-state index in [4.69, 9.17) is 9.40 Å². The van der Waals surface area contributed by atoms with Crippen molar-refractivity contribution in [2.24, 2.45) is 0 Å². The predicted molar refractivity (Wildman–Crippen MR) is 87.9 cm³/mol. The van der Waals surface area contributed by atoms with Crippen molar-refractivity contribution in [1.29, 1.82) is 0 Å². The molecule has 2 aliphatic heterocycles. The standard InChI is InChI=1S/C17H22N2OS/c1-2-6-16-15(5-1)18-17(20-16)13-4-3-9-19(12-13)14-7-10-21-11-8-14/h1-2,5-6,13-14H,3-4,7-12H2. The van der Waals surface area contributed by atoms with E-state index < -0.39 is 0 Å². The first-order valence-corrected chi connectivity index (χ1v) is 9.23. The minimum Gasteiger partial charge on any atom is -0.440 e. The molecule has 4 rings (SSSR count). The van der Waals surface area contributed by atoms with E-state index in [2.05, 4.69) is 16.7 Å². The Bertz CT molecular complexity index is 573. The van der Waals surface area contributed by atoms with Crippen molar-refractivity contribution in [3.63, 3.8) is 0 Å². The van der Waals surface area contributed by atoms with Crippen LogP contribution in [0.2, 0.25) is 0 Å². The van der Waals surface area contributed by atoms with E-state index in [1.165, 1.54) is 43.7 Å². The summed E-state index contributed by atoms with van der Waals surface area (Å²) < 4.78 is 6.00. The molecule has 3 heterocycles. The first-order chi connectivity index (χ1) is 10.4. The maximum absolute atomic E-state index is 6.00. The SMILES string of the molecule is c1ccc2oc(C3CCCN(C4CCSCC4)C3)nc2c1. The summed E-state index contributed by atoms with van der Waals surface area (Å²) in [6.45, 7) is 2.38. The van der Waals surface area contributed by atoms with E-state index in [0.29, 0.717) is 5.92 Å². The van der Waals surface area contributed by atoms with Gasteiger partial charge in [0.2, 0.25) is 0 Å². The number of thioether (sulfide) groups is 1. The van der Waals surface area contributed by atoms with E-state index in [1.807, 2.05) is 24.3 Å². The number of likely N-dealkylation sites (tertiary alicyclic amines) is 1. The lowest BCUT2D eigenvalue weighted by Crippen LogP contribution is -2.43. The van der Waals surface area contributed by atoms with Gasteiger partial charge in [-0.15, -0.1) is 0 Å². The summed E-state index contributed by atoms with van der Waals surface area (Å²) in [5.74, 6) is 4.08. The van der Waals surface area contributed by atoms with Gasteiger partial charge in [0, 0.05) is 18.5 Å². The molecule has 0 amide bonds. The van der Waals surface area contributed by atoms with Gasteiger partial charge in [-0.05, 0) is 55.9 Å². The smallest absolute Gasteiger partial charge is 0.199 e. The van der Waals surface area contributed by atoms with Crippen molar-refractivity contribution in [3.8, 4) is 0 Å². The van der Waals surface area contributed by atoms with Crippen LogP contribution in [0.3, 0.4) is 0 Å². The molecular formula is C17H22N2OS. The zero-order chi connectivity index (χ0) is 14.1. The highest BCUT2D eigenvalue weighted by Crippen LogP contribution is 2.32. The highest BCUT2D eigenvalue weighted by Gasteiger charge is 2.30. The molecule has 2 saturated heterocycles. The molecule has 112 valence electrons. The van der Waals surface area contributed by atoms with Gasteiger partial charge >= 0.3 is 0 Å². The number of para-hydroxylation sites is 2. The molecule has 21 heavy (non-hydrogen) atoms. The maximum Gasteiger partial charge on any atom is 0.199 e. The summed E-state index contributed by atoms with van der Waals surface area (Å²) in [7, 11) is 0. The van der Waals surface area contributed by atoms with E-state index in [0.717, 1.165) is 29.6 Å². The molecule has 0 saturated carbocycles. The predicted octanol–water partition coefficient (Wildman–Crippen LogP) is 3.90. The summed E-state index contributed by atoms with van der Waals surface area (Å²) >= 11 is 2.11. The molecule has 2 aromatic rings. The minimum atomic E-state index is 0.473. The van der Waals surface area contributed by atoms with Crippen molar-refractivity contribution >= 4 is 22.9 Å². The van der Waals surface area contributed by atoms with Gasteiger partial charge in [-0.1, -0.05) is 12.1 Å². The van der Waals surface area contributed by atoms with Crippen LogP contribution >= 0.6 is 11.8 Å². The Morgan fingerprint density at radius 3 is 2.86 bits per heavy atom. The zero-order valence-electron chi connectivity index (χ0n) is 12.3. The highest BCUT2D eigenvalue weighted by molar-refractivity contribution is 7.99. The summed E-state index contributed by atoms with van der Waals surface area (Å²) in [5.41, 5.74) is 1.93. The molecular weight excluding hydrogens is 280 g/mol. The maximum atomic E-state index is 6.00. The fourth-order valence-electron chi connectivity index (χ4n) is 3.65. The topological polar surface area (TPSA) is 29.3 Å². The second kappa shape index (κ2) is 6.01. The number of aromatic nitrogens is 1. The van der Waals surface area contributed by atoms with Crippen LogP contribution in [0.25, 0.3) is 11.1 Å². The van der Waals surface area contributed by atoms with Crippen molar-refractivity contribution in [2.45, 2.75) is 37.6 Å². The molecule has 2 aliphatic rings. The number of nitrogens with zero attached hydrogens (tertiary/aromatic N) is 2. The van der Waals surface area contributed by atoms with Gasteiger partial charge in [-0.2, -0.15) is 11.8 Å². The van der Waals surface area contributed by atoms with Gasteiger partial charge in [0.05, 0.1) is 0 Å². The number of benzene rings is 1. The fourth-order valence-corrected chi connectivity index (χ4v) is 4.74. The summed E-state index contributed by atoms with van der Waals surface area (Å²) in [6, 6.07) is 8.90. The summed E-state index contributed by atoms with van der Waals surface area (Å²) in [6.07, 6.45) is 5.19. The van der Waals surface area contributed by atoms with Crippen LogP contribution in [0.1, 0.15) is 37.5 Å². The summed E-state index contributed by atoms with van der Waals surface area (Å²) in [4.78, 5) is 7.42. The van der Waals surface area contributed by atoms with Gasteiger partial charge in [0.15, 0.2) is 11.5 Å². The minimum absolute atomic E-state index is 0.473. The largest absolute Gasteiger partial charge is 0.440 e. The van der Waals surface area contributed by atoms with Crippen LogP contribution in [0.15, 0.2) is 28.7 Å². The van der Waals surface area contributed by atoms with Crippen molar-refractivity contribution in [3.05, 3.63) is 30.2 Å². The fraction of sp³-hybridized carbons (Fsp3) is 0.588. The van der Waals surface area contributed by atoms with Gasteiger partial charge in [-0.25, -0.2) is 4.98 Å². The number of piperidine rings is 1. The van der Waals surface area contributed by atoms with Crippen molar-refractivity contribution < 1.29 is 4.42 Å². The van der Waals surface area contributed by atoms with Crippen LogP contribution in [0.4, 0.5) is 0 Å². The molecule has 0 bridgehead atoms. The third kappa shape index (κ3) is 2.84. The number of fused-ring (bicyclic) bond motifs is 1. The molecule has 0 radical (unpaired) electrons. The van der Waals surface area contributed by atoms with E-state index in [9.17, 15) is 0 Å². The molecule has 1 unspecified atom stereocenters. The molecule has 4 heteroatoms. The Balaban J connectivity index is 1.51. The molecule has 1 aromatic heterocycles. The number of hydrogen-bond acceptors (Lipinski definition) is 4. The van der Waals surface area contributed by atoms with E-state index in [-0.39, 0.29) is 0 Å². The lowest BCUT2D eigenvalue weighted by Gasteiger charge is -2.39. The second-order valence-corrected chi connectivity index (χ2v) is 7.42. The average molecular weight is 302 g/mol. The van der Waals surface area contributed by atoms with Crippen molar-refractivity contribution in [1.82, 2.24) is 9.88 Å². The van der Waals surface area contributed by atoms with Gasteiger partial charge in [0.25, 0.3) is 0 Å². The normalized spacial score (nSPS) is 25.4. The van der Waals surface area contributed by atoms with Gasteiger partial charge in [-0.3, -0.25) is 4.90 Å². The van der Waals surface area contributed by atoms with E-state index in [1.54, 1.807) is 0 Å². The Labute approximate surface area is 130 Å². The van der Waals surface area contributed by atoms with E-state index >= 15 is 0 Å². The zero-order valence-corrected chi connectivity index (χ0v) is 13.1. The first-order valence-electron chi connectivity index (χ1n) is 8.07. The highest BCUT2D eigenvalue weighted by atomic mass is 32.2. The molecule has 1 aromatic carbocycles. The Kier molecular flexibility index (Phi) is 3.91. The molecule has 2 fully saturated rings. The van der Waals surface area contributed by atoms with Gasteiger partial charge in [0.1, 0.15) is 5.52 Å². The molecule has 3 nitrogen and oxygen atoms in total. The van der Waals surface area contributed by atoms with Crippen LogP contribution < -0.4 is 0 Å². The van der Waals surface area contributed by atoms with Crippen LogP contribution in [-0.4, -0.2) is 40.5 Å². The first kappa shape index (κ1) is 13.6. The second-order valence-electron chi connectivity index (χ2n) is 6.20. The molecule has 0 spiro atoms. The molecule has 0 aliphatic carbocycles. The number of oxazole rings is 1. The lowest BCUT2D eigenvalue weighted by molar-refractivity contribution is 0.132. The number of rotatable bonds is 2. The third-order valence-electron chi connectivity index (χ3n) is 4.82. The van der Waals surface area contributed by atoms with Crippen LogP contribution in [0.5, 0.6) is 0 Å². The van der Waals surface area contributed by atoms with Crippen LogP contribution in [-0.2, 0) is 0 Å². The summed E-state index contributed by atoms with van der Waals surface area (Å²) in [5, 5.41) is 0. The van der Waals surface area contributed by atoms with Crippen LogP contribution in [0, 0.1) is 0 Å². The monoisotopic (exact) mass is 302 g/mol.